The van der Waals surface area contributed by atoms with E-state index in [1.807, 2.05) is 18.2 Å². The minimum Gasteiger partial charge on any atom is -0.349 e. The van der Waals surface area contributed by atoms with Crippen molar-refractivity contribution in [2.75, 3.05) is 20.6 Å². The van der Waals surface area contributed by atoms with Crippen molar-refractivity contribution < 1.29 is 4.79 Å². The first-order chi connectivity index (χ1) is 7.61. The summed E-state index contributed by atoms with van der Waals surface area (Å²) in [6, 6.07) is 8.07. The van der Waals surface area contributed by atoms with Gasteiger partial charge < -0.3 is 10.2 Å². The molecule has 1 aromatic rings. The van der Waals surface area contributed by atoms with E-state index in [9.17, 15) is 4.79 Å². The van der Waals surface area contributed by atoms with Gasteiger partial charge >= 0.3 is 0 Å². The predicted octanol–water partition coefficient (Wildman–Crippen LogP) is 2.02. The number of rotatable bonds is 5. The summed E-state index contributed by atoms with van der Waals surface area (Å²) < 4.78 is 1.10. The summed E-state index contributed by atoms with van der Waals surface area (Å²) in [5, 5.41) is 3.25. The molecule has 88 valence electrons. The number of nitrogens with one attached hydrogen (secondary N) is 1. The van der Waals surface area contributed by atoms with Crippen LogP contribution in [-0.2, 0) is 11.3 Å². The number of hydrogen-bond donors (Lipinski definition) is 1. The molecule has 0 heterocycles. The molecule has 4 heteroatoms. The molecule has 0 aliphatic carbocycles. The van der Waals surface area contributed by atoms with Gasteiger partial charge in [-0.2, -0.15) is 0 Å². The lowest BCUT2D eigenvalue weighted by Gasteiger charge is -2.10. The highest BCUT2D eigenvalue weighted by Gasteiger charge is 2.03. The maximum absolute atomic E-state index is 11.3. The van der Waals surface area contributed by atoms with Gasteiger partial charge in [-0.3, -0.25) is 4.79 Å². The molecule has 3 nitrogen and oxygen atoms in total. The van der Waals surface area contributed by atoms with Gasteiger partial charge in [-0.15, -0.1) is 0 Å². The van der Waals surface area contributed by atoms with Gasteiger partial charge in [-0.1, -0.05) is 34.1 Å². The largest absolute Gasteiger partial charge is 0.349 e. The van der Waals surface area contributed by atoms with E-state index in [-0.39, 0.29) is 5.91 Å². The van der Waals surface area contributed by atoms with Crippen LogP contribution in [0.1, 0.15) is 12.0 Å². The highest BCUT2D eigenvalue weighted by Crippen LogP contribution is 2.15. The van der Waals surface area contributed by atoms with Crippen LogP contribution in [0.4, 0.5) is 0 Å². The Hall–Kier alpha value is -0.870. The maximum atomic E-state index is 11.3. The zero-order valence-corrected chi connectivity index (χ0v) is 11.3. The van der Waals surface area contributed by atoms with Gasteiger partial charge in [0, 0.05) is 38.1 Å². The Morgan fingerprint density at radius 3 is 2.69 bits per heavy atom. The Morgan fingerprint density at radius 2 is 2.06 bits per heavy atom. The Kier molecular flexibility index (Phi) is 5.49. The molecule has 0 spiro atoms. The van der Waals surface area contributed by atoms with Crippen molar-refractivity contribution in [3.63, 3.8) is 0 Å². The number of nitrogens with zero attached hydrogens (tertiary/aromatic N) is 1. The van der Waals surface area contributed by atoms with Gasteiger partial charge in [0.05, 0.1) is 0 Å². The number of amides is 1. The molecule has 0 bridgehead atoms. The predicted molar refractivity (Wildman–Crippen MR) is 69.2 cm³/mol. The highest BCUT2D eigenvalue weighted by atomic mass is 79.9. The lowest BCUT2D eigenvalue weighted by molar-refractivity contribution is -0.128. The molecule has 1 aromatic carbocycles. The molecule has 1 rings (SSSR count). The van der Waals surface area contributed by atoms with E-state index in [0.29, 0.717) is 13.0 Å². The third-order valence-electron chi connectivity index (χ3n) is 2.29. The maximum Gasteiger partial charge on any atom is 0.223 e. The minimum absolute atomic E-state index is 0.152. The van der Waals surface area contributed by atoms with E-state index >= 15 is 0 Å². The minimum atomic E-state index is 0.152. The number of carbonyl (C=O) groups excluding carboxylic acids is 1. The summed E-state index contributed by atoms with van der Waals surface area (Å²) in [5.74, 6) is 0.152. The Labute approximate surface area is 105 Å². The third kappa shape index (κ3) is 4.33. The van der Waals surface area contributed by atoms with Crippen LogP contribution in [0.25, 0.3) is 0 Å². The molecule has 1 N–H and O–H groups in total. The first-order valence-electron chi connectivity index (χ1n) is 5.25. The molecular weight excluding hydrogens is 268 g/mol. The molecule has 0 radical (unpaired) electrons. The van der Waals surface area contributed by atoms with Gasteiger partial charge in [0.2, 0.25) is 5.91 Å². The molecule has 1 amide bonds. The van der Waals surface area contributed by atoms with Crippen LogP contribution in [-0.4, -0.2) is 31.4 Å². The molecule has 16 heavy (non-hydrogen) atoms. The lowest BCUT2D eigenvalue weighted by Crippen LogP contribution is -2.26. The van der Waals surface area contributed by atoms with Gasteiger partial charge in [0.25, 0.3) is 0 Å². The van der Waals surface area contributed by atoms with E-state index in [0.717, 1.165) is 11.0 Å². The second-order valence-electron chi connectivity index (χ2n) is 3.81. The summed E-state index contributed by atoms with van der Waals surface area (Å²) >= 11 is 3.49. The van der Waals surface area contributed by atoms with Crippen molar-refractivity contribution in [3.8, 4) is 0 Å². The van der Waals surface area contributed by atoms with Crippen LogP contribution in [0.15, 0.2) is 28.7 Å². The monoisotopic (exact) mass is 284 g/mol. The smallest absolute Gasteiger partial charge is 0.223 e. The third-order valence-corrected chi connectivity index (χ3v) is 3.06. The fraction of sp³-hybridized carbons (Fsp3) is 0.417. The zero-order chi connectivity index (χ0) is 12.0. The Balaban J connectivity index is 2.26. The Morgan fingerprint density at radius 1 is 1.38 bits per heavy atom. The van der Waals surface area contributed by atoms with Gasteiger partial charge in [0.15, 0.2) is 0 Å². The number of hydrogen-bond acceptors (Lipinski definition) is 2. The van der Waals surface area contributed by atoms with E-state index < -0.39 is 0 Å². The Bertz CT molecular complexity index is 353. The van der Waals surface area contributed by atoms with Crippen LogP contribution in [0, 0.1) is 0 Å². The van der Waals surface area contributed by atoms with Gasteiger partial charge in [-0.25, -0.2) is 0 Å². The van der Waals surface area contributed by atoms with Crippen LogP contribution < -0.4 is 5.32 Å². The van der Waals surface area contributed by atoms with Crippen LogP contribution in [0.3, 0.4) is 0 Å². The molecule has 0 saturated carbocycles. The summed E-state index contributed by atoms with van der Waals surface area (Å²) in [6.45, 7) is 1.49. The molecule has 0 aliphatic heterocycles. The van der Waals surface area contributed by atoms with Crippen molar-refractivity contribution in [1.82, 2.24) is 10.2 Å². The SMILES string of the molecule is CN(C)C(=O)CCNCc1ccccc1Br. The van der Waals surface area contributed by atoms with E-state index in [1.165, 1.54) is 5.56 Å². The standard InChI is InChI=1S/C12H17BrN2O/c1-15(2)12(16)7-8-14-9-10-5-3-4-6-11(10)13/h3-6,14H,7-9H2,1-2H3. The second-order valence-corrected chi connectivity index (χ2v) is 4.66. The average Bonchev–Trinajstić information content (AvgIpc) is 2.26. The van der Waals surface area contributed by atoms with E-state index in [2.05, 4.69) is 27.3 Å². The van der Waals surface area contributed by atoms with Crippen LogP contribution in [0.5, 0.6) is 0 Å². The normalized spacial score (nSPS) is 10.2. The van der Waals surface area contributed by atoms with Crippen molar-refractivity contribution in [2.45, 2.75) is 13.0 Å². The fourth-order valence-corrected chi connectivity index (χ4v) is 1.71. The first-order valence-corrected chi connectivity index (χ1v) is 6.05. The highest BCUT2D eigenvalue weighted by molar-refractivity contribution is 9.10. The molecule has 0 fully saturated rings. The van der Waals surface area contributed by atoms with E-state index in [4.69, 9.17) is 0 Å². The molecule has 0 unspecified atom stereocenters. The lowest BCUT2D eigenvalue weighted by atomic mass is 10.2. The van der Waals surface area contributed by atoms with Crippen molar-refractivity contribution in [1.29, 1.82) is 0 Å². The zero-order valence-electron chi connectivity index (χ0n) is 9.66. The van der Waals surface area contributed by atoms with Crippen molar-refractivity contribution in [3.05, 3.63) is 34.3 Å². The quantitative estimate of drug-likeness (QED) is 0.839. The fourth-order valence-electron chi connectivity index (χ4n) is 1.28. The summed E-state index contributed by atoms with van der Waals surface area (Å²) in [5.41, 5.74) is 1.21. The average molecular weight is 285 g/mol. The summed E-state index contributed by atoms with van der Waals surface area (Å²) in [7, 11) is 3.55. The summed E-state index contributed by atoms with van der Waals surface area (Å²) in [4.78, 5) is 12.9. The van der Waals surface area contributed by atoms with Gasteiger partial charge in [0.1, 0.15) is 0 Å². The first kappa shape index (κ1) is 13.2. The van der Waals surface area contributed by atoms with Gasteiger partial charge in [-0.05, 0) is 11.6 Å². The van der Waals surface area contributed by atoms with Crippen molar-refractivity contribution >= 4 is 21.8 Å². The molecular formula is C12H17BrN2O. The molecule has 0 atom stereocenters. The van der Waals surface area contributed by atoms with Crippen molar-refractivity contribution in [2.24, 2.45) is 0 Å². The summed E-state index contributed by atoms with van der Waals surface area (Å²) in [6.07, 6.45) is 0.539. The molecule has 0 aliphatic rings. The van der Waals surface area contributed by atoms with Crippen LogP contribution in [0.2, 0.25) is 0 Å². The number of carbonyl (C=O) groups is 1. The molecule has 0 saturated heterocycles. The molecule has 0 aromatic heterocycles. The topological polar surface area (TPSA) is 32.3 Å². The second kappa shape index (κ2) is 6.66. The van der Waals surface area contributed by atoms with E-state index in [1.54, 1.807) is 19.0 Å². The number of halogens is 1. The van der Waals surface area contributed by atoms with Crippen LogP contribution >= 0.6 is 15.9 Å². The number of benzene rings is 1.